The number of para-hydroxylation sites is 1. The van der Waals surface area contributed by atoms with Gasteiger partial charge in [-0.3, -0.25) is 4.79 Å². The van der Waals surface area contributed by atoms with Crippen LogP contribution in [0.5, 0.6) is 0 Å². The van der Waals surface area contributed by atoms with Crippen molar-refractivity contribution >= 4 is 16.9 Å². The van der Waals surface area contributed by atoms with Gasteiger partial charge in [-0.2, -0.15) is 0 Å². The van der Waals surface area contributed by atoms with Gasteiger partial charge in [0.25, 0.3) is 0 Å². The molecule has 1 N–H and O–H groups in total. The Bertz CT molecular complexity index is 1010. The van der Waals surface area contributed by atoms with Crippen LogP contribution in [0.1, 0.15) is 15.9 Å². The molecule has 0 aliphatic heterocycles. The van der Waals surface area contributed by atoms with Gasteiger partial charge in [-0.1, -0.05) is 12.1 Å². The second-order valence-corrected chi connectivity index (χ2v) is 5.02. The molecule has 0 unspecified atom stereocenters. The Morgan fingerprint density at radius 3 is 2.61 bits per heavy atom. The molecule has 0 bridgehead atoms. The van der Waals surface area contributed by atoms with Crippen molar-refractivity contribution in [1.82, 2.24) is 0 Å². The highest BCUT2D eigenvalue weighted by atomic mass is 19.1. The van der Waals surface area contributed by atoms with Gasteiger partial charge >= 0.3 is 5.97 Å². The fraction of sp³-hybridized carbons (Fsp3) is 0.0588. The third-order valence-corrected chi connectivity index (χ3v) is 3.50. The molecule has 116 valence electrons. The molecule has 0 aliphatic rings. The molecule has 0 spiro atoms. The van der Waals surface area contributed by atoms with E-state index in [0.717, 1.165) is 18.2 Å². The first-order chi connectivity index (χ1) is 10.9. The van der Waals surface area contributed by atoms with Gasteiger partial charge in [-0.05, 0) is 36.8 Å². The summed E-state index contributed by atoms with van der Waals surface area (Å²) < 4.78 is 32.9. The highest BCUT2D eigenvalue weighted by molar-refractivity contribution is 5.98. The van der Waals surface area contributed by atoms with Crippen molar-refractivity contribution in [3.05, 3.63) is 69.4 Å². The molecule has 23 heavy (non-hydrogen) atoms. The molecule has 0 atom stereocenters. The van der Waals surface area contributed by atoms with E-state index in [0.29, 0.717) is 5.56 Å². The van der Waals surface area contributed by atoms with Gasteiger partial charge in [0, 0.05) is 0 Å². The summed E-state index contributed by atoms with van der Waals surface area (Å²) in [5, 5.41) is 9.39. The fourth-order valence-electron chi connectivity index (χ4n) is 2.41. The average Bonchev–Trinajstić information content (AvgIpc) is 2.50. The zero-order valence-corrected chi connectivity index (χ0v) is 11.9. The van der Waals surface area contributed by atoms with Gasteiger partial charge in [0.1, 0.15) is 17.2 Å². The molecule has 0 radical (unpaired) electrons. The van der Waals surface area contributed by atoms with E-state index in [1.807, 2.05) is 0 Å². The summed E-state index contributed by atoms with van der Waals surface area (Å²) in [7, 11) is 0. The summed E-state index contributed by atoms with van der Waals surface area (Å²) in [5.74, 6) is -3.72. The van der Waals surface area contributed by atoms with Crippen LogP contribution in [-0.2, 0) is 0 Å². The first kappa shape index (κ1) is 14.9. The zero-order valence-electron chi connectivity index (χ0n) is 11.9. The van der Waals surface area contributed by atoms with E-state index in [2.05, 4.69) is 0 Å². The first-order valence-corrected chi connectivity index (χ1v) is 6.65. The molecule has 3 rings (SSSR count). The Hall–Kier alpha value is -3.02. The normalized spacial score (nSPS) is 10.9. The van der Waals surface area contributed by atoms with Crippen molar-refractivity contribution in [1.29, 1.82) is 0 Å². The van der Waals surface area contributed by atoms with Crippen LogP contribution in [0.25, 0.3) is 22.3 Å². The Kier molecular flexibility index (Phi) is 3.44. The van der Waals surface area contributed by atoms with Crippen LogP contribution in [-0.4, -0.2) is 11.1 Å². The SMILES string of the molecule is Cc1cccc2c(=O)c(C(=O)O)c(-c3cc(F)ccc3F)oc12. The summed E-state index contributed by atoms with van der Waals surface area (Å²) in [4.78, 5) is 23.9. The lowest BCUT2D eigenvalue weighted by Crippen LogP contribution is -2.17. The van der Waals surface area contributed by atoms with E-state index < -0.39 is 39.9 Å². The number of aromatic carboxylic acids is 1. The fourth-order valence-corrected chi connectivity index (χ4v) is 2.41. The van der Waals surface area contributed by atoms with E-state index in [1.54, 1.807) is 19.1 Å². The van der Waals surface area contributed by atoms with E-state index in [9.17, 15) is 23.5 Å². The maximum Gasteiger partial charge on any atom is 0.343 e. The highest BCUT2D eigenvalue weighted by Gasteiger charge is 2.24. The van der Waals surface area contributed by atoms with E-state index in [4.69, 9.17) is 4.42 Å². The second-order valence-electron chi connectivity index (χ2n) is 5.02. The van der Waals surface area contributed by atoms with Crippen LogP contribution in [0, 0.1) is 18.6 Å². The lowest BCUT2D eigenvalue weighted by Gasteiger charge is -2.09. The van der Waals surface area contributed by atoms with Crippen LogP contribution in [0.3, 0.4) is 0 Å². The average molecular weight is 316 g/mol. The van der Waals surface area contributed by atoms with E-state index >= 15 is 0 Å². The van der Waals surface area contributed by atoms with Crippen molar-refractivity contribution in [2.75, 3.05) is 0 Å². The number of hydrogen-bond acceptors (Lipinski definition) is 3. The molecule has 0 saturated carbocycles. The van der Waals surface area contributed by atoms with Gasteiger partial charge in [0.2, 0.25) is 5.43 Å². The minimum atomic E-state index is -1.57. The molecule has 6 heteroatoms. The molecule has 4 nitrogen and oxygen atoms in total. The van der Waals surface area contributed by atoms with E-state index in [-0.39, 0.29) is 11.0 Å². The molecule has 2 aromatic carbocycles. The van der Waals surface area contributed by atoms with E-state index in [1.165, 1.54) is 6.07 Å². The molecule has 0 saturated heterocycles. The van der Waals surface area contributed by atoms with Crippen molar-refractivity contribution < 1.29 is 23.1 Å². The molecule has 3 aromatic rings. The molecular formula is C17H10F2O4. The third-order valence-electron chi connectivity index (χ3n) is 3.50. The minimum absolute atomic E-state index is 0.0722. The number of rotatable bonds is 2. The summed E-state index contributed by atoms with van der Waals surface area (Å²) in [6, 6.07) is 7.21. The minimum Gasteiger partial charge on any atom is -0.477 e. The maximum atomic E-state index is 14.0. The molecule has 0 amide bonds. The zero-order chi connectivity index (χ0) is 16.7. The second kappa shape index (κ2) is 5.31. The third kappa shape index (κ3) is 2.38. The predicted octanol–water partition coefficient (Wildman–Crippen LogP) is 3.74. The number of benzene rings is 2. The summed E-state index contributed by atoms with van der Waals surface area (Å²) in [6.45, 7) is 1.66. The van der Waals surface area contributed by atoms with Gasteiger partial charge in [-0.15, -0.1) is 0 Å². The number of carbonyl (C=O) groups is 1. The number of aryl methyl sites for hydroxylation is 1. The van der Waals surface area contributed by atoms with Gasteiger partial charge in [0.15, 0.2) is 11.3 Å². The van der Waals surface area contributed by atoms with Crippen molar-refractivity contribution in [2.45, 2.75) is 6.92 Å². The lowest BCUT2D eigenvalue weighted by molar-refractivity contribution is 0.0694. The van der Waals surface area contributed by atoms with Gasteiger partial charge in [-0.25, -0.2) is 13.6 Å². The number of carboxylic acid groups (broad SMARTS) is 1. The van der Waals surface area contributed by atoms with Crippen LogP contribution < -0.4 is 5.43 Å². The van der Waals surface area contributed by atoms with Gasteiger partial charge < -0.3 is 9.52 Å². The molecular weight excluding hydrogens is 306 g/mol. The van der Waals surface area contributed by atoms with Crippen LogP contribution in [0.2, 0.25) is 0 Å². The first-order valence-electron chi connectivity index (χ1n) is 6.65. The quantitative estimate of drug-likeness (QED) is 0.782. The Morgan fingerprint density at radius 2 is 1.91 bits per heavy atom. The maximum absolute atomic E-state index is 14.0. The lowest BCUT2D eigenvalue weighted by atomic mass is 10.0. The molecule has 0 fully saturated rings. The van der Waals surface area contributed by atoms with Crippen molar-refractivity contribution in [3.63, 3.8) is 0 Å². The smallest absolute Gasteiger partial charge is 0.343 e. The molecule has 0 aliphatic carbocycles. The van der Waals surface area contributed by atoms with Gasteiger partial charge in [0.05, 0.1) is 10.9 Å². The summed E-state index contributed by atoms with van der Waals surface area (Å²) in [6.07, 6.45) is 0. The molecule has 1 heterocycles. The van der Waals surface area contributed by atoms with Crippen molar-refractivity contribution in [3.8, 4) is 11.3 Å². The highest BCUT2D eigenvalue weighted by Crippen LogP contribution is 2.30. The monoisotopic (exact) mass is 316 g/mol. The predicted molar refractivity (Wildman–Crippen MR) is 79.5 cm³/mol. The van der Waals surface area contributed by atoms with Crippen LogP contribution >= 0.6 is 0 Å². The Labute approximate surface area is 128 Å². The largest absolute Gasteiger partial charge is 0.477 e. The standard InChI is InChI=1S/C17H10F2O4/c1-8-3-2-4-10-14(20)13(17(21)22)16(23-15(8)10)11-7-9(18)5-6-12(11)19/h2-7H,1H3,(H,21,22). The van der Waals surface area contributed by atoms with Crippen molar-refractivity contribution in [2.24, 2.45) is 0 Å². The number of halogens is 2. The number of fused-ring (bicyclic) bond motifs is 1. The Balaban J connectivity index is 2.51. The molecule has 1 aromatic heterocycles. The topological polar surface area (TPSA) is 67.5 Å². The Morgan fingerprint density at radius 1 is 1.17 bits per heavy atom. The number of hydrogen-bond donors (Lipinski definition) is 1. The summed E-state index contributed by atoms with van der Waals surface area (Å²) in [5.41, 5.74) is -1.23. The summed E-state index contributed by atoms with van der Waals surface area (Å²) >= 11 is 0. The van der Waals surface area contributed by atoms with Crippen LogP contribution in [0.4, 0.5) is 8.78 Å². The number of carboxylic acids is 1. The van der Waals surface area contributed by atoms with Crippen LogP contribution in [0.15, 0.2) is 45.6 Å².